The van der Waals surface area contributed by atoms with E-state index in [9.17, 15) is 4.79 Å². The topological polar surface area (TPSA) is 61.6 Å². The fourth-order valence-corrected chi connectivity index (χ4v) is 4.08. The molecule has 1 aliphatic rings. The zero-order chi connectivity index (χ0) is 16.2. The monoisotopic (exact) mass is 325 g/mol. The van der Waals surface area contributed by atoms with Gasteiger partial charge >= 0.3 is 6.09 Å². The summed E-state index contributed by atoms with van der Waals surface area (Å²) in [4.78, 5) is 11.3. The summed E-state index contributed by atoms with van der Waals surface area (Å²) >= 11 is 6.43. The SMILES string of the molecule is CC[C@](OC)(c1ccccc1Cl)[C@@H]1CCCCC1OC(N)=O. The second-order valence-corrected chi connectivity index (χ2v) is 6.20. The molecule has 1 amide bonds. The van der Waals surface area contributed by atoms with Crippen molar-refractivity contribution in [2.24, 2.45) is 11.7 Å². The Morgan fingerprint density at radius 2 is 2.05 bits per heavy atom. The summed E-state index contributed by atoms with van der Waals surface area (Å²) in [5.41, 5.74) is 5.63. The van der Waals surface area contributed by atoms with Gasteiger partial charge in [0, 0.05) is 23.6 Å². The predicted molar refractivity (Wildman–Crippen MR) is 86.8 cm³/mol. The molecule has 0 spiro atoms. The summed E-state index contributed by atoms with van der Waals surface area (Å²) in [6, 6.07) is 7.72. The highest BCUT2D eigenvalue weighted by Gasteiger charge is 2.46. The number of methoxy groups -OCH3 is 1. The van der Waals surface area contributed by atoms with E-state index in [1.165, 1.54) is 0 Å². The van der Waals surface area contributed by atoms with Crippen molar-refractivity contribution < 1.29 is 14.3 Å². The molecule has 1 fully saturated rings. The van der Waals surface area contributed by atoms with Crippen LogP contribution in [0.5, 0.6) is 0 Å². The average Bonchev–Trinajstić information content (AvgIpc) is 2.51. The Hall–Kier alpha value is -1.26. The summed E-state index contributed by atoms with van der Waals surface area (Å²) in [7, 11) is 1.70. The molecule has 5 heteroatoms. The lowest BCUT2D eigenvalue weighted by atomic mass is 9.70. The van der Waals surface area contributed by atoms with Crippen LogP contribution in [0.15, 0.2) is 24.3 Å². The molecule has 0 saturated heterocycles. The van der Waals surface area contributed by atoms with E-state index in [-0.39, 0.29) is 12.0 Å². The highest BCUT2D eigenvalue weighted by Crippen LogP contribution is 2.47. The maximum atomic E-state index is 11.3. The summed E-state index contributed by atoms with van der Waals surface area (Å²) < 4.78 is 11.4. The Labute approximate surface area is 136 Å². The van der Waals surface area contributed by atoms with Crippen molar-refractivity contribution in [3.63, 3.8) is 0 Å². The van der Waals surface area contributed by atoms with Crippen LogP contribution >= 0.6 is 11.6 Å². The standard InChI is InChI=1S/C17H24ClNO3/c1-3-17(21-2,12-8-4-6-10-14(12)18)13-9-5-7-11-15(13)22-16(19)20/h4,6,8,10,13,15H,3,5,7,9,11H2,1-2H3,(H2,19,20)/t13-,15?,17+/m1/s1. The molecule has 122 valence electrons. The van der Waals surface area contributed by atoms with Gasteiger partial charge in [0.1, 0.15) is 11.7 Å². The van der Waals surface area contributed by atoms with Gasteiger partial charge in [0.05, 0.1) is 0 Å². The highest BCUT2D eigenvalue weighted by molar-refractivity contribution is 6.31. The second kappa shape index (κ2) is 7.34. The van der Waals surface area contributed by atoms with E-state index in [1.807, 2.05) is 24.3 Å². The van der Waals surface area contributed by atoms with Crippen molar-refractivity contribution in [3.8, 4) is 0 Å². The van der Waals surface area contributed by atoms with E-state index in [2.05, 4.69) is 6.92 Å². The number of benzene rings is 1. The molecule has 1 aliphatic carbocycles. The molecule has 3 atom stereocenters. The van der Waals surface area contributed by atoms with Crippen molar-refractivity contribution in [1.82, 2.24) is 0 Å². The third kappa shape index (κ3) is 3.23. The molecule has 0 heterocycles. The fourth-order valence-electron chi connectivity index (χ4n) is 3.78. The van der Waals surface area contributed by atoms with E-state index in [4.69, 9.17) is 26.8 Å². The number of carbonyl (C=O) groups is 1. The van der Waals surface area contributed by atoms with Gasteiger partial charge in [0.15, 0.2) is 0 Å². The van der Waals surface area contributed by atoms with Crippen molar-refractivity contribution in [3.05, 3.63) is 34.9 Å². The Morgan fingerprint density at radius 3 is 2.64 bits per heavy atom. The molecule has 1 aromatic rings. The molecule has 4 nitrogen and oxygen atoms in total. The Balaban J connectivity index is 2.44. The first-order chi connectivity index (χ1) is 10.5. The fraction of sp³-hybridized carbons (Fsp3) is 0.588. The minimum Gasteiger partial charge on any atom is -0.446 e. The van der Waals surface area contributed by atoms with Crippen LogP contribution in [0.25, 0.3) is 0 Å². The van der Waals surface area contributed by atoms with Gasteiger partial charge in [-0.25, -0.2) is 4.79 Å². The van der Waals surface area contributed by atoms with Gasteiger partial charge in [0.2, 0.25) is 0 Å². The summed E-state index contributed by atoms with van der Waals surface area (Å²) in [5.74, 6) is 0.0450. The maximum Gasteiger partial charge on any atom is 0.404 e. The summed E-state index contributed by atoms with van der Waals surface area (Å²) in [5, 5.41) is 0.676. The number of hydrogen-bond acceptors (Lipinski definition) is 3. The lowest BCUT2D eigenvalue weighted by molar-refractivity contribution is -0.121. The van der Waals surface area contributed by atoms with E-state index in [1.54, 1.807) is 7.11 Å². The van der Waals surface area contributed by atoms with Gasteiger partial charge in [-0.1, -0.05) is 43.1 Å². The first-order valence-corrected chi connectivity index (χ1v) is 8.19. The van der Waals surface area contributed by atoms with Crippen LogP contribution in [0, 0.1) is 5.92 Å². The van der Waals surface area contributed by atoms with Gasteiger partial charge in [-0.15, -0.1) is 0 Å². The maximum absolute atomic E-state index is 11.3. The molecule has 0 bridgehead atoms. The van der Waals surface area contributed by atoms with Crippen molar-refractivity contribution in [1.29, 1.82) is 0 Å². The minimum absolute atomic E-state index is 0.0450. The molecule has 22 heavy (non-hydrogen) atoms. The van der Waals surface area contributed by atoms with E-state index in [0.717, 1.165) is 37.7 Å². The quantitative estimate of drug-likeness (QED) is 0.880. The van der Waals surface area contributed by atoms with Crippen molar-refractivity contribution in [2.45, 2.75) is 50.7 Å². The van der Waals surface area contributed by atoms with Crippen LogP contribution in [0.1, 0.15) is 44.6 Å². The Morgan fingerprint density at radius 1 is 1.36 bits per heavy atom. The van der Waals surface area contributed by atoms with Gasteiger partial charge in [-0.05, 0) is 31.7 Å². The first-order valence-electron chi connectivity index (χ1n) is 7.81. The molecule has 1 saturated carbocycles. The number of carbonyl (C=O) groups excluding carboxylic acids is 1. The van der Waals surface area contributed by atoms with E-state index < -0.39 is 11.7 Å². The normalized spacial score (nSPS) is 24.5. The van der Waals surface area contributed by atoms with Crippen LogP contribution in [0.4, 0.5) is 4.79 Å². The second-order valence-electron chi connectivity index (χ2n) is 5.79. The lowest BCUT2D eigenvalue weighted by Gasteiger charge is -2.45. The number of hydrogen-bond donors (Lipinski definition) is 1. The molecular formula is C17H24ClNO3. The summed E-state index contributed by atoms with van der Waals surface area (Å²) in [6.45, 7) is 2.07. The number of amides is 1. The largest absolute Gasteiger partial charge is 0.446 e. The van der Waals surface area contributed by atoms with Crippen LogP contribution < -0.4 is 5.73 Å². The molecular weight excluding hydrogens is 302 g/mol. The van der Waals surface area contributed by atoms with Gasteiger partial charge < -0.3 is 15.2 Å². The number of ether oxygens (including phenoxy) is 2. The number of rotatable bonds is 5. The van der Waals surface area contributed by atoms with Crippen LogP contribution in [0.3, 0.4) is 0 Å². The number of primary amides is 1. The molecule has 0 aliphatic heterocycles. The van der Waals surface area contributed by atoms with E-state index >= 15 is 0 Å². The molecule has 1 unspecified atom stereocenters. The molecule has 1 aromatic carbocycles. The van der Waals surface area contributed by atoms with Crippen molar-refractivity contribution in [2.75, 3.05) is 7.11 Å². The number of nitrogens with two attached hydrogens (primary N) is 1. The third-order valence-electron chi connectivity index (χ3n) is 4.79. The molecule has 0 aromatic heterocycles. The van der Waals surface area contributed by atoms with Gasteiger partial charge in [-0.2, -0.15) is 0 Å². The predicted octanol–water partition coefficient (Wildman–Crippen LogP) is 4.25. The molecule has 0 radical (unpaired) electrons. The third-order valence-corrected chi connectivity index (χ3v) is 5.12. The first kappa shape index (κ1) is 17.1. The van der Waals surface area contributed by atoms with Crippen molar-refractivity contribution >= 4 is 17.7 Å². The van der Waals surface area contributed by atoms with Crippen LogP contribution in [-0.2, 0) is 15.1 Å². The smallest absolute Gasteiger partial charge is 0.404 e. The van der Waals surface area contributed by atoms with Gasteiger partial charge in [0.25, 0.3) is 0 Å². The Kier molecular flexibility index (Phi) is 5.70. The molecule has 2 N–H and O–H groups in total. The molecule has 2 rings (SSSR count). The average molecular weight is 326 g/mol. The zero-order valence-electron chi connectivity index (χ0n) is 13.2. The number of halogens is 1. The minimum atomic E-state index is -0.725. The zero-order valence-corrected chi connectivity index (χ0v) is 13.9. The lowest BCUT2D eigenvalue weighted by Crippen LogP contribution is -2.47. The van der Waals surface area contributed by atoms with Gasteiger partial charge in [-0.3, -0.25) is 0 Å². The Bertz CT molecular complexity index is 516. The van der Waals surface area contributed by atoms with Crippen LogP contribution in [0.2, 0.25) is 5.02 Å². The van der Waals surface area contributed by atoms with E-state index in [0.29, 0.717) is 5.02 Å². The highest BCUT2D eigenvalue weighted by atomic mass is 35.5. The van der Waals surface area contributed by atoms with Crippen LogP contribution in [-0.4, -0.2) is 19.3 Å². The summed E-state index contributed by atoms with van der Waals surface area (Å²) in [6.07, 6.45) is 3.63.